The van der Waals surface area contributed by atoms with Crippen molar-refractivity contribution in [3.8, 4) is 44.5 Å². The third-order valence-corrected chi connectivity index (χ3v) is 11.1. The van der Waals surface area contributed by atoms with Gasteiger partial charge in [0.25, 0.3) is 0 Å². The molecule has 11 rings (SSSR count). The van der Waals surface area contributed by atoms with E-state index >= 15 is 0 Å². The van der Waals surface area contributed by atoms with Gasteiger partial charge in [0.15, 0.2) is 0 Å². The Morgan fingerprint density at radius 1 is 0.333 bits per heavy atom. The van der Waals surface area contributed by atoms with Gasteiger partial charge >= 0.3 is 0 Å². The first-order valence-electron chi connectivity index (χ1n) is 17.7. The maximum atomic E-state index is 5.22. The van der Waals surface area contributed by atoms with Crippen molar-refractivity contribution < 1.29 is 0 Å². The minimum Gasteiger partial charge on any atom is -0.251 e. The highest BCUT2D eigenvalue weighted by Gasteiger charge is 2.36. The van der Waals surface area contributed by atoms with E-state index in [9.17, 15) is 0 Å². The van der Waals surface area contributed by atoms with Gasteiger partial charge in [0.2, 0.25) is 0 Å². The van der Waals surface area contributed by atoms with Crippen LogP contribution in [0, 0.1) is 0 Å². The lowest BCUT2D eigenvalue weighted by Gasteiger charge is -2.27. The molecular formula is C50H31N. The van der Waals surface area contributed by atoms with Gasteiger partial charge in [0.1, 0.15) is 0 Å². The molecule has 0 fully saturated rings. The predicted molar refractivity (Wildman–Crippen MR) is 215 cm³/mol. The van der Waals surface area contributed by atoms with Crippen LogP contribution in [0.15, 0.2) is 187 Å². The lowest BCUT2D eigenvalue weighted by Crippen LogP contribution is -2.18. The molecule has 9 aromatic rings. The molecule has 0 saturated carbocycles. The molecule has 0 aromatic heterocycles. The van der Waals surface area contributed by atoms with E-state index in [0.29, 0.717) is 0 Å². The summed E-state index contributed by atoms with van der Waals surface area (Å²) in [4.78, 5) is 5.22. The first-order chi connectivity index (χ1) is 25.3. The zero-order valence-corrected chi connectivity index (χ0v) is 27.8. The normalized spacial score (nSPS) is 14.2. The van der Waals surface area contributed by atoms with Crippen LogP contribution in [0.25, 0.3) is 76.8 Å². The fourth-order valence-corrected chi connectivity index (χ4v) is 8.79. The summed E-state index contributed by atoms with van der Waals surface area (Å²) in [6.45, 7) is 0. The summed E-state index contributed by atoms with van der Waals surface area (Å²) in [5.41, 5.74) is 16.1. The Labute approximate surface area is 296 Å². The van der Waals surface area contributed by atoms with E-state index < -0.39 is 0 Å². The van der Waals surface area contributed by atoms with Crippen molar-refractivity contribution in [2.45, 2.75) is 5.92 Å². The van der Waals surface area contributed by atoms with Crippen molar-refractivity contribution in [2.75, 3.05) is 0 Å². The molecule has 1 heteroatoms. The number of aliphatic imine (C=N–C) groups is 1. The summed E-state index contributed by atoms with van der Waals surface area (Å²) < 4.78 is 0. The molecule has 1 unspecified atom stereocenters. The SMILES string of the molecule is c1ccc2c(c1)N=C1c3ccc(-c4c5ccccc5c(-c5ccc(-c6ccc7ccccc7c6)cc5)c5ccccc45)cc3-c3ccccc3C12. The van der Waals surface area contributed by atoms with Gasteiger partial charge < -0.3 is 0 Å². The van der Waals surface area contributed by atoms with Crippen LogP contribution in [-0.2, 0) is 0 Å². The molecule has 0 N–H and O–H groups in total. The van der Waals surface area contributed by atoms with E-state index in [4.69, 9.17) is 4.99 Å². The van der Waals surface area contributed by atoms with E-state index in [0.717, 1.165) is 11.4 Å². The van der Waals surface area contributed by atoms with Crippen LogP contribution in [0.3, 0.4) is 0 Å². The molecule has 236 valence electrons. The number of nitrogens with zero attached hydrogens (tertiary/aromatic N) is 1. The third-order valence-electron chi connectivity index (χ3n) is 11.1. The van der Waals surface area contributed by atoms with Gasteiger partial charge in [0, 0.05) is 5.56 Å². The van der Waals surface area contributed by atoms with Crippen molar-refractivity contribution in [3.05, 3.63) is 199 Å². The van der Waals surface area contributed by atoms with Crippen molar-refractivity contribution >= 4 is 43.7 Å². The van der Waals surface area contributed by atoms with Gasteiger partial charge in [-0.1, -0.05) is 164 Å². The summed E-state index contributed by atoms with van der Waals surface area (Å²) >= 11 is 0. The fourth-order valence-electron chi connectivity index (χ4n) is 8.79. The van der Waals surface area contributed by atoms with Crippen molar-refractivity contribution in [1.29, 1.82) is 0 Å². The molecule has 0 amide bonds. The third kappa shape index (κ3) is 4.25. The molecule has 2 aliphatic rings. The van der Waals surface area contributed by atoms with Crippen LogP contribution in [0.1, 0.15) is 22.6 Å². The summed E-state index contributed by atoms with van der Waals surface area (Å²) in [6.07, 6.45) is 0. The summed E-state index contributed by atoms with van der Waals surface area (Å²) in [7, 11) is 0. The number of hydrogen-bond acceptors (Lipinski definition) is 1. The maximum absolute atomic E-state index is 5.22. The van der Waals surface area contributed by atoms with Crippen LogP contribution in [0.4, 0.5) is 5.69 Å². The summed E-state index contributed by atoms with van der Waals surface area (Å²) in [5, 5.41) is 7.58. The van der Waals surface area contributed by atoms with E-state index in [1.165, 1.54) is 93.5 Å². The smallest absolute Gasteiger partial charge is 0.0675 e. The lowest BCUT2D eigenvalue weighted by atomic mass is 9.74. The number of fused-ring (bicyclic) bond motifs is 11. The minimum absolute atomic E-state index is 0.171. The van der Waals surface area contributed by atoms with Crippen LogP contribution in [-0.4, -0.2) is 5.71 Å². The first kappa shape index (κ1) is 28.3. The summed E-state index contributed by atoms with van der Waals surface area (Å²) in [5.74, 6) is 0.171. The topological polar surface area (TPSA) is 12.4 Å². The zero-order chi connectivity index (χ0) is 33.5. The monoisotopic (exact) mass is 645 g/mol. The highest BCUT2D eigenvalue weighted by molar-refractivity contribution is 6.23. The van der Waals surface area contributed by atoms with E-state index in [1.54, 1.807) is 0 Å². The predicted octanol–water partition coefficient (Wildman–Crippen LogP) is 13.4. The highest BCUT2D eigenvalue weighted by atomic mass is 14.8. The standard InChI is InChI=1S/C50H31N/c1-2-12-34-29-35(26-23-31(34)11-1)32-21-24-33(25-22-32)47-39-15-5-7-17-41(39)48(42-18-8-6-16-40(42)47)36-27-28-43-45(30-36)37-13-3-4-14-38(37)49-44-19-9-10-20-46(44)51-50(43)49/h1-30,49H. The van der Waals surface area contributed by atoms with Crippen molar-refractivity contribution in [1.82, 2.24) is 0 Å². The Bertz CT molecular complexity index is 2850. The molecule has 9 aromatic carbocycles. The quantitative estimate of drug-likeness (QED) is 0.170. The lowest BCUT2D eigenvalue weighted by molar-refractivity contribution is 1.10. The zero-order valence-electron chi connectivity index (χ0n) is 27.8. The Morgan fingerprint density at radius 3 is 1.63 bits per heavy atom. The molecule has 1 aliphatic carbocycles. The molecule has 0 spiro atoms. The van der Waals surface area contributed by atoms with Gasteiger partial charge in [-0.25, -0.2) is 0 Å². The van der Waals surface area contributed by atoms with E-state index in [1.807, 2.05) is 0 Å². The maximum Gasteiger partial charge on any atom is 0.0675 e. The van der Waals surface area contributed by atoms with Crippen molar-refractivity contribution in [3.63, 3.8) is 0 Å². The van der Waals surface area contributed by atoms with Crippen LogP contribution in [0.2, 0.25) is 0 Å². The number of hydrogen-bond donors (Lipinski definition) is 0. The second-order valence-electron chi connectivity index (χ2n) is 13.8. The van der Waals surface area contributed by atoms with Crippen LogP contribution in [0.5, 0.6) is 0 Å². The van der Waals surface area contributed by atoms with Gasteiger partial charge in [-0.3, -0.25) is 4.99 Å². The Hall–Kier alpha value is -6.57. The van der Waals surface area contributed by atoms with E-state index in [2.05, 4.69) is 182 Å². The molecular weight excluding hydrogens is 615 g/mol. The first-order valence-corrected chi connectivity index (χ1v) is 17.7. The second kappa shape index (κ2) is 11.0. The second-order valence-corrected chi connectivity index (χ2v) is 13.8. The van der Waals surface area contributed by atoms with Gasteiger partial charge in [0.05, 0.1) is 17.3 Å². The average molecular weight is 646 g/mol. The summed E-state index contributed by atoms with van der Waals surface area (Å²) in [6, 6.07) is 66.9. The highest BCUT2D eigenvalue weighted by Crippen LogP contribution is 2.51. The van der Waals surface area contributed by atoms with Gasteiger partial charge in [-0.15, -0.1) is 0 Å². The molecule has 0 saturated heterocycles. The molecule has 1 atom stereocenters. The Balaban J connectivity index is 1.09. The van der Waals surface area contributed by atoms with Crippen LogP contribution < -0.4 is 0 Å². The minimum atomic E-state index is 0.171. The molecule has 1 aliphatic heterocycles. The van der Waals surface area contributed by atoms with Crippen LogP contribution >= 0.6 is 0 Å². The van der Waals surface area contributed by atoms with E-state index in [-0.39, 0.29) is 5.92 Å². The number of benzene rings is 9. The average Bonchev–Trinajstić information content (AvgIpc) is 3.60. The van der Waals surface area contributed by atoms with Gasteiger partial charge in [-0.2, -0.15) is 0 Å². The molecule has 51 heavy (non-hydrogen) atoms. The fraction of sp³-hybridized carbons (Fsp3) is 0.0200. The molecule has 0 radical (unpaired) electrons. The molecule has 1 heterocycles. The largest absolute Gasteiger partial charge is 0.251 e. The number of rotatable bonds is 3. The number of para-hydroxylation sites is 1. The molecule has 1 nitrogen and oxygen atoms in total. The van der Waals surface area contributed by atoms with Crippen molar-refractivity contribution in [2.24, 2.45) is 4.99 Å². The molecule has 0 bridgehead atoms. The Morgan fingerprint density at radius 2 is 0.882 bits per heavy atom. The Kier molecular flexibility index (Phi) is 6.08. The van der Waals surface area contributed by atoms with Gasteiger partial charge in [-0.05, 0) is 106 Å².